The number of halogens is 2. The minimum atomic E-state index is -0.246. The van der Waals surface area contributed by atoms with Crippen molar-refractivity contribution in [3.05, 3.63) is 34.1 Å². The summed E-state index contributed by atoms with van der Waals surface area (Å²) in [5.74, 6) is 5.49. The van der Waals surface area contributed by atoms with Crippen LogP contribution in [0.3, 0.4) is 0 Å². The predicted octanol–water partition coefficient (Wildman–Crippen LogP) is 2.75. The zero-order chi connectivity index (χ0) is 10.7. The molecule has 0 aromatic heterocycles. The fraction of sp³-hybridized carbons (Fsp3) is 0.400. The van der Waals surface area contributed by atoms with Gasteiger partial charge in [0.05, 0.1) is 0 Å². The summed E-state index contributed by atoms with van der Waals surface area (Å²) in [4.78, 5) is 0. The third-order valence-corrected chi connectivity index (χ3v) is 2.86. The highest BCUT2D eigenvalue weighted by atomic mass is 79.9. The average molecular weight is 261 g/mol. The van der Waals surface area contributed by atoms with Gasteiger partial charge in [-0.15, -0.1) is 0 Å². The van der Waals surface area contributed by atoms with Gasteiger partial charge in [-0.2, -0.15) is 0 Å². The molecule has 0 heterocycles. The number of benzene rings is 1. The molecule has 1 aromatic rings. The molecule has 0 radical (unpaired) electrons. The number of hydrogen-bond acceptors (Lipinski definition) is 2. The van der Waals surface area contributed by atoms with Gasteiger partial charge in [-0.25, -0.2) is 4.39 Å². The van der Waals surface area contributed by atoms with Crippen LogP contribution in [0.15, 0.2) is 22.7 Å². The summed E-state index contributed by atoms with van der Waals surface area (Å²) in [6.07, 6.45) is 0. The molecule has 1 rings (SSSR count). The van der Waals surface area contributed by atoms with Crippen molar-refractivity contribution in [1.29, 1.82) is 0 Å². The summed E-state index contributed by atoms with van der Waals surface area (Å²) in [5.41, 5.74) is 3.54. The first-order valence-corrected chi connectivity index (χ1v) is 5.26. The van der Waals surface area contributed by atoms with Gasteiger partial charge >= 0.3 is 0 Å². The van der Waals surface area contributed by atoms with Crippen molar-refractivity contribution in [2.45, 2.75) is 19.9 Å². The van der Waals surface area contributed by atoms with E-state index in [1.54, 1.807) is 6.07 Å². The third kappa shape index (κ3) is 2.53. The summed E-state index contributed by atoms with van der Waals surface area (Å²) in [6, 6.07) is 4.56. The molecule has 0 amide bonds. The normalized spacial score (nSPS) is 13.3. The van der Waals surface area contributed by atoms with Crippen LogP contribution < -0.4 is 11.3 Å². The fourth-order valence-electron chi connectivity index (χ4n) is 1.39. The van der Waals surface area contributed by atoms with Gasteiger partial charge in [-0.05, 0) is 29.7 Å². The van der Waals surface area contributed by atoms with E-state index in [4.69, 9.17) is 5.84 Å². The Bertz CT molecular complexity index is 315. The summed E-state index contributed by atoms with van der Waals surface area (Å²) in [7, 11) is 0. The van der Waals surface area contributed by atoms with Crippen molar-refractivity contribution in [3.8, 4) is 0 Å². The molecule has 0 spiro atoms. The van der Waals surface area contributed by atoms with Crippen LogP contribution >= 0.6 is 15.9 Å². The summed E-state index contributed by atoms with van der Waals surface area (Å²) >= 11 is 3.38. The lowest BCUT2D eigenvalue weighted by Gasteiger charge is -2.21. The van der Waals surface area contributed by atoms with Gasteiger partial charge in [0.25, 0.3) is 0 Å². The first-order chi connectivity index (χ1) is 6.56. The molecule has 2 nitrogen and oxygen atoms in total. The minimum Gasteiger partial charge on any atom is -0.271 e. The summed E-state index contributed by atoms with van der Waals surface area (Å²) in [5, 5.41) is 0. The molecule has 0 bridgehead atoms. The molecule has 3 N–H and O–H groups in total. The van der Waals surface area contributed by atoms with Crippen LogP contribution in [-0.2, 0) is 0 Å². The van der Waals surface area contributed by atoms with E-state index in [2.05, 4.69) is 21.4 Å². The quantitative estimate of drug-likeness (QED) is 0.648. The maximum Gasteiger partial charge on any atom is 0.123 e. The predicted molar refractivity (Wildman–Crippen MR) is 59.0 cm³/mol. The van der Waals surface area contributed by atoms with Crippen LogP contribution in [0.1, 0.15) is 25.5 Å². The van der Waals surface area contributed by atoms with E-state index in [1.165, 1.54) is 12.1 Å². The van der Waals surface area contributed by atoms with E-state index >= 15 is 0 Å². The monoisotopic (exact) mass is 260 g/mol. The Balaban J connectivity index is 3.08. The first kappa shape index (κ1) is 11.6. The molecule has 1 aromatic carbocycles. The standard InChI is InChI=1S/C10H14BrFN2/c1-6(2)10(14-13)8-5-7(12)3-4-9(8)11/h3-6,10,14H,13H2,1-2H3. The Kier molecular flexibility index (Phi) is 4.04. The molecule has 0 fully saturated rings. The van der Waals surface area contributed by atoms with Crippen molar-refractivity contribution in [1.82, 2.24) is 5.43 Å². The Labute approximate surface area is 91.8 Å². The number of nitrogens with two attached hydrogens (primary N) is 1. The van der Waals surface area contributed by atoms with Crippen molar-refractivity contribution < 1.29 is 4.39 Å². The number of nitrogens with one attached hydrogen (secondary N) is 1. The minimum absolute atomic E-state index is 0.0416. The fourth-order valence-corrected chi connectivity index (χ4v) is 1.89. The lowest BCUT2D eigenvalue weighted by Crippen LogP contribution is -2.31. The van der Waals surface area contributed by atoms with E-state index in [0.29, 0.717) is 5.92 Å². The molecule has 0 aliphatic carbocycles. The molecular weight excluding hydrogens is 247 g/mol. The summed E-state index contributed by atoms with van der Waals surface area (Å²) in [6.45, 7) is 4.06. The smallest absolute Gasteiger partial charge is 0.123 e. The zero-order valence-corrected chi connectivity index (χ0v) is 9.81. The van der Waals surface area contributed by atoms with Gasteiger partial charge in [-0.3, -0.25) is 11.3 Å². The molecule has 0 aliphatic heterocycles. The van der Waals surface area contributed by atoms with Crippen LogP contribution in [0.25, 0.3) is 0 Å². The highest BCUT2D eigenvalue weighted by molar-refractivity contribution is 9.10. The van der Waals surface area contributed by atoms with E-state index in [-0.39, 0.29) is 11.9 Å². The van der Waals surface area contributed by atoms with Gasteiger partial charge in [0.1, 0.15) is 5.82 Å². The molecule has 4 heteroatoms. The van der Waals surface area contributed by atoms with Crippen molar-refractivity contribution >= 4 is 15.9 Å². The molecule has 0 aliphatic rings. The molecule has 1 atom stereocenters. The summed E-state index contributed by atoms with van der Waals surface area (Å²) < 4.78 is 13.9. The largest absolute Gasteiger partial charge is 0.271 e. The number of hydrazine groups is 1. The Morgan fingerprint density at radius 1 is 1.43 bits per heavy atom. The second-order valence-electron chi connectivity index (χ2n) is 3.55. The van der Waals surface area contributed by atoms with Gasteiger partial charge in [0, 0.05) is 10.5 Å². The average Bonchev–Trinajstić information content (AvgIpc) is 2.11. The van der Waals surface area contributed by atoms with Gasteiger partial charge < -0.3 is 0 Å². The topological polar surface area (TPSA) is 38.0 Å². The van der Waals surface area contributed by atoms with Crippen molar-refractivity contribution in [2.75, 3.05) is 0 Å². The molecule has 1 unspecified atom stereocenters. The van der Waals surface area contributed by atoms with Crippen LogP contribution in [0.2, 0.25) is 0 Å². The highest BCUT2D eigenvalue weighted by Gasteiger charge is 2.17. The third-order valence-electron chi connectivity index (χ3n) is 2.14. The lowest BCUT2D eigenvalue weighted by atomic mass is 9.97. The van der Waals surface area contributed by atoms with Gasteiger partial charge in [-0.1, -0.05) is 29.8 Å². The number of hydrogen-bond donors (Lipinski definition) is 2. The lowest BCUT2D eigenvalue weighted by molar-refractivity contribution is 0.418. The van der Waals surface area contributed by atoms with Crippen molar-refractivity contribution in [2.24, 2.45) is 11.8 Å². The Morgan fingerprint density at radius 2 is 2.07 bits per heavy atom. The zero-order valence-electron chi connectivity index (χ0n) is 8.22. The van der Waals surface area contributed by atoms with Gasteiger partial charge in [0.2, 0.25) is 0 Å². The van der Waals surface area contributed by atoms with Crippen LogP contribution in [0, 0.1) is 11.7 Å². The van der Waals surface area contributed by atoms with Crippen LogP contribution in [0.4, 0.5) is 4.39 Å². The van der Waals surface area contributed by atoms with E-state index in [1.807, 2.05) is 13.8 Å². The first-order valence-electron chi connectivity index (χ1n) is 4.47. The second kappa shape index (κ2) is 4.87. The molecular formula is C10H14BrFN2. The number of rotatable bonds is 3. The SMILES string of the molecule is CC(C)C(NN)c1cc(F)ccc1Br. The van der Waals surface area contributed by atoms with Crippen molar-refractivity contribution in [3.63, 3.8) is 0 Å². The van der Waals surface area contributed by atoms with E-state index in [9.17, 15) is 4.39 Å². The molecule has 0 saturated carbocycles. The Hall–Kier alpha value is -0.450. The Morgan fingerprint density at radius 3 is 2.57 bits per heavy atom. The second-order valence-corrected chi connectivity index (χ2v) is 4.41. The van der Waals surface area contributed by atoms with Gasteiger partial charge in [0.15, 0.2) is 0 Å². The molecule has 14 heavy (non-hydrogen) atoms. The maximum absolute atomic E-state index is 13.0. The van der Waals surface area contributed by atoms with E-state index < -0.39 is 0 Å². The molecule has 0 saturated heterocycles. The maximum atomic E-state index is 13.0. The highest BCUT2D eigenvalue weighted by Crippen LogP contribution is 2.28. The van der Waals surface area contributed by atoms with Crippen LogP contribution in [-0.4, -0.2) is 0 Å². The molecule has 78 valence electrons. The van der Waals surface area contributed by atoms with E-state index in [0.717, 1.165) is 10.0 Å². The van der Waals surface area contributed by atoms with Crippen LogP contribution in [0.5, 0.6) is 0 Å².